The molecule has 1 heterocycles. The fourth-order valence-corrected chi connectivity index (χ4v) is 5.46. The molecule has 5 aromatic carbocycles. The molecule has 0 spiro atoms. The van der Waals surface area contributed by atoms with E-state index in [4.69, 9.17) is 0 Å². The molecule has 6 aromatic rings. The molecule has 0 atom stereocenters. The molecule has 4 N–H and O–H groups in total. The Kier molecular flexibility index (Phi) is 8.52. The van der Waals surface area contributed by atoms with Gasteiger partial charge in [0.05, 0.1) is 5.75 Å². The zero-order valence-electron chi connectivity index (χ0n) is 23.5. The number of nitrogens with one attached hydrogen (secondary N) is 4. The summed E-state index contributed by atoms with van der Waals surface area (Å²) in [6.07, 6.45) is 3.46. The molecule has 8 heteroatoms. The molecule has 0 radical (unpaired) electrons. The summed E-state index contributed by atoms with van der Waals surface area (Å²) >= 11 is 1.40. The topological polar surface area (TPSA) is 103 Å². The van der Waals surface area contributed by atoms with Gasteiger partial charge in [-0.3, -0.25) is 14.4 Å². The summed E-state index contributed by atoms with van der Waals surface area (Å²) in [5.41, 5.74) is 3.55. The predicted molar refractivity (Wildman–Crippen MR) is 179 cm³/mol. The molecule has 1 aromatic heterocycles. The second-order valence-electron chi connectivity index (χ2n) is 10.0. The number of hydrogen-bond donors (Lipinski definition) is 4. The lowest BCUT2D eigenvalue weighted by Crippen LogP contribution is -2.30. The number of carbonyl (C=O) groups excluding carboxylic acids is 3. The summed E-state index contributed by atoms with van der Waals surface area (Å²) in [7, 11) is 0. The van der Waals surface area contributed by atoms with E-state index in [1.807, 2.05) is 84.9 Å². The molecular formula is C36H28N4O3S. The van der Waals surface area contributed by atoms with Crippen molar-refractivity contribution < 1.29 is 14.4 Å². The number of carbonyl (C=O) groups is 3. The van der Waals surface area contributed by atoms with Crippen LogP contribution in [0.4, 0.5) is 11.4 Å². The minimum Gasteiger partial charge on any atom is -0.361 e. The van der Waals surface area contributed by atoms with Crippen LogP contribution in [0.25, 0.3) is 27.8 Å². The monoisotopic (exact) mass is 596 g/mol. The first-order valence-corrected chi connectivity index (χ1v) is 15.0. The van der Waals surface area contributed by atoms with Gasteiger partial charge in [0.1, 0.15) is 5.70 Å². The minimum atomic E-state index is -0.463. The number of anilines is 2. The fraction of sp³-hybridized carbons (Fsp3) is 0.0278. The van der Waals surface area contributed by atoms with E-state index in [0.29, 0.717) is 11.3 Å². The number of rotatable bonds is 9. The van der Waals surface area contributed by atoms with E-state index in [1.54, 1.807) is 48.7 Å². The van der Waals surface area contributed by atoms with Crippen molar-refractivity contribution in [3.8, 4) is 0 Å². The van der Waals surface area contributed by atoms with Crippen LogP contribution in [0.1, 0.15) is 15.9 Å². The summed E-state index contributed by atoms with van der Waals surface area (Å²) in [5, 5.41) is 11.7. The number of aromatic amines is 1. The number of amides is 3. The fourth-order valence-electron chi connectivity index (χ4n) is 4.76. The van der Waals surface area contributed by atoms with Crippen molar-refractivity contribution >= 4 is 68.6 Å². The normalized spacial score (nSPS) is 11.3. The molecule has 216 valence electrons. The largest absolute Gasteiger partial charge is 0.361 e. The van der Waals surface area contributed by atoms with E-state index < -0.39 is 5.91 Å². The van der Waals surface area contributed by atoms with Crippen molar-refractivity contribution in [1.29, 1.82) is 0 Å². The van der Waals surface area contributed by atoms with Crippen molar-refractivity contribution in [2.24, 2.45) is 0 Å². The molecule has 0 fully saturated rings. The van der Waals surface area contributed by atoms with Gasteiger partial charge in [0, 0.05) is 44.5 Å². The highest BCUT2D eigenvalue weighted by atomic mass is 32.2. The van der Waals surface area contributed by atoms with Crippen LogP contribution in [0.15, 0.2) is 138 Å². The van der Waals surface area contributed by atoms with Gasteiger partial charge in [-0.1, -0.05) is 66.7 Å². The van der Waals surface area contributed by atoms with Gasteiger partial charge < -0.3 is 20.9 Å². The predicted octanol–water partition coefficient (Wildman–Crippen LogP) is 7.46. The summed E-state index contributed by atoms with van der Waals surface area (Å²) in [6, 6.07) is 37.5. The number of H-pyrrole nitrogens is 1. The maximum Gasteiger partial charge on any atom is 0.272 e. The van der Waals surface area contributed by atoms with E-state index in [2.05, 4.69) is 20.9 Å². The van der Waals surface area contributed by atoms with E-state index in [9.17, 15) is 14.4 Å². The quantitative estimate of drug-likeness (QED) is 0.103. The molecular weight excluding hydrogens is 568 g/mol. The summed E-state index contributed by atoms with van der Waals surface area (Å²) in [6.45, 7) is 0. The van der Waals surface area contributed by atoms with Gasteiger partial charge in [0.2, 0.25) is 5.91 Å². The number of aromatic nitrogens is 1. The van der Waals surface area contributed by atoms with Gasteiger partial charge in [-0.05, 0) is 71.4 Å². The third kappa shape index (κ3) is 6.88. The molecule has 0 aliphatic rings. The standard InChI is InChI=1S/C36H28N4O3S/c41-34(38-29-15-14-24-8-4-5-11-26(24)20-29)23-44-30-18-16-28(17-19-30)39-36(43)33(40-35(42)25-9-2-1-3-10-25)21-27-22-37-32-13-7-6-12-31(27)32/h1-22,37H,23H2,(H,38,41)(H,39,43)(H,40,42). The second kappa shape index (κ2) is 13.1. The zero-order chi connectivity index (χ0) is 30.3. The molecule has 0 aliphatic heterocycles. The first kappa shape index (κ1) is 28.5. The van der Waals surface area contributed by atoms with E-state index in [-0.39, 0.29) is 23.3 Å². The average Bonchev–Trinajstić information content (AvgIpc) is 3.47. The van der Waals surface area contributed by atoms with Crippen LogP contribution in [0.3, 0.4) is 0 Å². The van der Waals surface area contributed by atoms with E-state index in [0.717, 1.165) is 37.8 Å². The van der Waals surface area contributed by atoms with E-state index in [1.165, 1.54) is 11.8 Å². The Bertz CT molecular complexity index is 2000. The first-order chi connectivity index (χ1) is 21.5. The van der Waals surface area contributed by atoms with Crippen LogP contribution < -0.4 is 16.0 Å². The Hall–Kier alpha value is -5.60. The molecule has 44 heavy (non-hydrogen) atoms. The van der Waals surface area contributed by atoms with Crippen molar-refractivity contribution in [1.82, 2.24) is 10.3 Å². The summed E-state index contributed by atoms with van der Waals surface area (Å²) in [5.74, 6) is -0.721. The molecule has 0 aliphatic carbocycles. The lowest BCUT2D eigenvalue weighted by atomic mass is 10.1. The van der Waals surface area contributed by atoms with E-state index >= 15 is 0 Å². The van der Waals surface area contributed by atoms with Gasteiger partial charge in [-0.25, -0.2) is 0 Å². The summed E-state index contributed by atoms with van der Waals surface area (Å²) < 4.78 is 0. The number of thioether (sulfide) groups is 1. The Morgan fingerprint density at radius 3 is 2.23 bits per heavy atom. The van der Waals surface area contributed by atoms with Crippen LogP contribution in [0.2, 0.25) is 0 Å². The van der Waals surface area contributed by atoms with Crippen molar-refractivity contribution in [2.75, 3.05) is 16.4 Å². The van der Waals surface area contributed by atoms with Crippen LogP contribution >= 0.6 is 11.8 Å². The lowest BCUT2D eigenvalue weighted by molar-refractivity contribution is -0.114. The maximum absolute atomic E-state index is 13.4. The average molecular weight is 597 g/mol. The molecule has 3 amide bonds. The first-order valence-electron chi connectivity index (χ1n) is 14.0. The Balaban J connectivity index is 1.11. The third-order valence-corrected chi connectivity index (χ3v) is 7.98. The molecule has 0 unspecified atom stereocenters. The van der Waals surface area contributed by atoms with Crippen molar-refractivity contribution in [2.45, 2.75) is 4.90 Å². The SMILES string of the molecule is O=C(CSc1ccc(NC(=O)C(=Cc2c[nH]c3ccccc23)NC(=O)c2ccccc2)cc1)Nc1ccc2ccccc2c1. The minimum absolute atomic E-state index is 0.104. The van der Waals surface area contributed by atoms with Crippen LogP contribution in [0, 0.1) is 0 Å². The van der Waals surface area contributed by atoms with Gasteiger partial charge >= 0.3 is 0 Å². The Morgan fingerprint density at radius 2 is 1.41 bits per heavy atom. The highest BCUT2D eigenvalue weighted by Gasteiger charge is 2.16. The molecule has 7 nitrogen and oxygen atoms in total. The maximum atomic E-state index is 13.4. The number of fused-ring (bicyclic) bond motifs is 2. The summed E-state index contributed by atoms with van der Waals surface area (Å²) in [4.78, 5) is 43.1. The van der Waals surface area contributed by atoms with Crippen LogP contribution in [-0.2, 0) is 9.59 Å². The van der Waals surface area contributed by atoms with Gasteiger partial charge in [0.25, 0.3) is 11.8 Å². The van der Waals surface area contributed by atoms with Gasteiger partial charge in [0.15, 0.2) is 0 Å². The van der Waals surface area contributed by atoms with Crippen LogP contribution in [-0.4, -0.2) is 28.5 Å². The number of hydrogen-bond acceptors (Lipinski definition) is 4. The zero-order valence-corrected chi connectivity index (χ0v) is 24.4. The molecule has 0 bridgehead atoms. The van der Waals surface area contributed by atoms with Gasteiger partial charge in [-0.15, -0.1) is 11.8 Å². The van der Waals surface area contributed by atoms with Gasteiger partial charge in [-0.2, -0.15) is 0 Å². The number of benzene rings is 5. The number of para-hydroxylation sites is 1. The lowest BCUT2D eigenvalue weighted by Gasteiger charge is -2.12. The molecule has 0 saturated carbocycles. The highest BCUT2D eigenvalue weighted by molar-refractivity contribution is 8.00. The van der Waals surface area contributed by atoms with Crippen molar-refractivity contribution in [3.05, 3.63) is 144 Å². The Labute approximate surface area is 258 Å². The highest BCUT2D eigenvalue weighted by Crippen LogP contribution is 2.24. The Morgan fingerprint density at radius 1 is 0.705 bits per heavy atom. The third-order valence-electron chi connectivity index (χ3n) is 6.97. The van der Waals surface area contributed by atoms with Crippen LogP contribution in [0.5, 0.6) is 0 Å². The molecule has 0 saturated heterocycles. The van der Waals surface area contributed by atoms with Crippen molar-refractivity contribution in [3.63, 3.8) is 0 Å². The smallest absolute Gasteiger partial charge is 0.272 e. The second-order valence-corrected chi connectivity index (χ2v) is 11.1. The molecule has 6 rings (SSSR count).